The van der Waals surface area contributed by atoms with Crippen LogP contribution in [-0.2, 0) is 31.0 Å². The standard InChI is InChI=1S/C18H23F3N2O4S/c1-12(15(24)23-7-9-28(26,27)10-8-23)22-16(25)17(2,3)13-5-4-6-14(11-13)18(19,20)21/h4-6,11-12H,7-10H2,1-3H3,(H,22,25). The molecule has 10 heteroatoms. The third-order valence-corrected chi connectivity index (χ3v) is 6.46. The third-order valence-electron chi connectivity index (χ3n) is 4.85. The summed E-state index contributed by atoms with van der Waals surface area (Å²) in [5, 5.41) is 2.53. The molecule has 1 fully saturated rings. The van der Waals surface area contributed by atoms with Gasteiger partial charge < -0.3 is 10.2 Å². The zero-order valence-corrected chi connectivity index (χ0v) is 16.7. The highest BCUT2D eigenvalue weighted by Crippen LogP contribution is 2.33. The summed E-state index contributed by atoms with van der Waals surface area (Å²) in [5.74, 6) is -1.29. The van der Waals surface area contributed by atoms with Crippen molar-refractivity contribution in [2.45, 2.75) is 38.4 Å². The van der Waals surface area contributed by atoms with Crippen molar-refractivity contribution in [3.05, 3.63) is 35.4 Å². The van der Waals surface area contributed by atoms with Gasteiger partial charge in [0.05, 0.1) is 22.5 Å². The van der Waals surface area contributed by atoms with Gasteiger partial charge in [-0.2, -0.15) is 13.2 Å². The molecule has 1 aromatic rings. The van der Waals surface area contributed by atoms with E-state index in [4.69, 9.17) is 0 Å². The molecule has 1 aliphatic heterocycles. The average molecular weight is 420 g/mol. The molecule has 1 heterocycles. The summed E-state index contributed by atoms with van der Waals surface area (Å²) in [4.78, 5) is 26.5. The Morgan fingerprint density at radius 1 is 1.11 bits per heavy atom. The smallest absolute Gasteiger partial charge is 0.344 e. The van der Waals surface area contributed by atoms with Crippen LogP contribution in [0.4, 0.5) is 13.2 Å². The van der Waals surface area contributed by atoms with Crippen molar-refractivity contribution in [3.8, 4) is 0 Å². The topological polar surface area (TPSA) is 83.6 Å². The molecule has 0 saturated carbocycles. The van der Waals surface area contributed by atoms with Crippen molar-refractivity contribution in [1.29, 1.82) is 0 Å². The number of halogens is 3. The largest absolute Gasteiger partial charge is 0.416 e. The Bertz CT molecular complexity index is 852. The van der Waals surface area contributed by atoms with E-state index in [9.17, 15) is 31.2 Å². The lowest BCUT2D eigenvalue weighted by Gasteiger charge is -2.31. The monoisotopic (exact) mass is 420 g/mol. The number of rotatable bonds is 4. The molecular formula is C18H23F3N2O4S. The van der Waals surface area contributed by atoms with E-state index < -0.39 is 44.8 Å². The maximum atomic E-state index is 12.9. The molecule has 0 radical (unpaired) electrons. The van der Waals surface area contributed by atoms with Crippen molar-refractivity contribution >= 4 is 21.7 Å². The van der Waals surface area contributed by atoms with E-state index >= 15 is 0 Å². The molecule has 6 nitrogen and oxygen atoms in total. The predicted molar refractivity (Wildman–Crippen MR) is 97.3 cm³/mol. The van der Waals surface area contributed by atoms with Gasteiger partial charge in [-0.3, -0.25) is 9.59 Å². The average Bonchev–Trinajstić information content (AvgIpc) is 2.60. The van der Waals surface area contributed by atoms with Gasteiger partial charge in [-0.15, -0.1) is 0 Å². The number of hydrogen-bond donors (Lipinski definition) is 1. The molecule has 1 atom stereocenters. The zero-order chi connectivity index (χ0) is 21.3. The van der Waals surface area contributed by atoms with Crippen LogP contribution >= 0.6 is 0 Å². The summed E-state index contributed by atoms with van der Waals surface area (Å²) in [5.41, 5.74) is -1.99. The molecule has 2 rings (SSSR count). The Morgan fingerprint density at radius 2 is 1.64 bits per heavy atom. The summed E-state index contributed by atoms with van der Waals surface area (Å²) in [7, 11) is -3.15. The number of carbonyl (C=O) groups is 2. The maximum Gasteiger partial charge on any atom is 0.416 e. The SMILES string of the molecule is CC(NC(=O)C(C)(C)c1cccc(C(F)(F)F)c1)C(=O)N1CCS(=O)(=O)CC1. The Hall–Kier alpha value is -2.10. The Labute approximate surface area is 162 Å². The molecule has 0 aliphatic carbocycles. The molecular weight excluding hydrogens is 397 g/mol. The fourth-order valence-electron chi connectivity index (χ4n) is 2.86. The van der Waals surface area contributed by atoms with E-state index in [1.165, 1.54) is 37.8 Å². The van der Waals surface area contributed by atoms with Gasteiger partial charge >= 0.3 is 6.18 Å². The molecule has 1 aliphatic rings. The molecule has 28 heavy (non-hydrogen) atoms. The van der Waals surface area contributed by atoms with Gasteiger partial charge in [0.2, 0.25) is 11.8 Å². The van der Waals surface area contributed by atoms with Gasteiger partial charge in [0.25, 0.3) is 0 Å². The number of nitrogens with zero attached hydrogens (tertiary/aromatic N) is 1. The molecule has 0 spiro atoms. The van der Waals surface area contributed by atoms with Crippen LogP contribution in [0.3, 0.4) is 0 Å². The van der Waals surface area contributed by atoms with Gasteiger partial charge in [-0.1, -0.05) is 18.2 Å². The maximum absolute atomic E-state index is 12.9. The first-order valence-corrected chi connectivity index (χ1v) is 10.5. The number of hydrogen-bond acceptors (Lipinski definition) is 4. The summed E-state index contributed by atoms with van der Waals surface area (Å²) in [6.45, 7) is 4.52. The summed E-state index contributed by atoms with van der Waals surface area (Å²) in [6.07, 6.45) is -4.53. The minimum absolute atomic E-state index is 0.0540. The lowest BCUT2D eigenvalue weighted by Crippen LogP contribution is -2.54. The second-order valence-corrected chi connectivity index (χ2v) is 9.68. The number of alkyl halides is 3. The Morgan fingerprint density at radius 3 is 2.18 bits per heavy atom. The highest BCUT2D eigenvalue weighted by molar-refractivity contribution is 7.91. The molecule has 2 amide bonds. The Kier molecular flexibility index (Phi) is 6.13. The van der Waals surface area contributed by atoms with Crippen LogP contribution in [0.25, 0.3) is 0 Å². The van der Waals surface area contributed by atoms with Gasteiger partial charge in [-0.25, -0.2) is 8.42 Å². The van der Waals surface area contributed by atoms with Crippen molar-refractivity contribution in [2.24, 2.45) is 0 Å². The second kappa shape index (κ2) is 7.73. The van der Waals surface area contributed by atoms with E-state index in [0.29, 0.717) is 0 Å². The van der Waals surface area contributed by atoms with E-state index in [2.05, 4.69) is 5.32 Å². The molecule has 0 aromatic heterocycles. The van der Waals surface area contributed by atoms with Crippen LogP contribution in [-0.4, -0.2) is 55.8 Å². The second-order valence-electron chi connectivity index (χ2n) is 7.38. The van der Waals surface area contributed by atoms with Crippen molar-refractivity contribution in [3.63, 3.8) is 0 Å². The summed E-state index contributed by atoms with van der Waals surface area (Å²) >= 11 is 0. The van der Waals surface area contributed by atoms with Crippen LogP contribution in [0.15, 0.2) is 24.3 Å². The first-order chi connectivity index (χ1) is 12.7. The first-order valence-electron chi connectivity index (χ1n) is 8.72. The minimum Gasteiger partial charge on any atom is -0.344 e. The fraction of sp³-hybridized carbons (Fsp3) is 0.556. The highest BCUT2D eigenvalue weighted by Gasteiger charge is 2.36. The molecule has 1 saturated heterocycles. The molecule has 1 N–H and O–H groups in total. The lowest BCUT2D eigenvalue weighted by atomic mass is 9.82. The number of carbonyl (C=O) groups excluding carboxylic acids is 2. The fourth-order valence-corrected chi connectivity index (χ4v) is 4.06. The quantitative estimate of drug-likeness (QED) is 0.805. The molecule has 1 unspecified atom stereocenters. The van der Waals surface area contributed by atoms with Gasteiger partial charge in [-0.05, 0) is 32.4 Å². The van der Waals surface area contributed by atoms with Crippen molar-refractivity contribution in [1.82, 2.24) is 10.2 Å². The van der Waals surface area contributed by atoms with Crippen LogP contribution in [0.2, 0.25) is 0 Å². The van der Waals surface area contributed by atoms with Crippen LogP contribution in [0.5, 0.6) is 0 Å². The minimum atomic E-state index is -4.53. The van der Waals surface area contributed by atoms with Gasteiger partial charge in [0.15, 0.2) is 9.84 Å². The van der Waals surface area contributed by atoms with E-state index in [1.807, 2.05) is 0 Å². The molecule has 1 aromatic carbocycles. The lowest BCUT2D eigenvalue weighted by molar-refractivity contribution is -0.138. The number of benzene rings is 1. The molecule has 0 bridgehead atoms. The van der Waals surface area contributed by atoms with Crippen LogP contribution < -0.4 is 5.32 Å². The van der Waals surface area contributed by atoms with Crippen LogP contribution in [0, 0.1) is 0 Å². The predicted octanol–water partition coefficient (Wildman–Crippen LogP) is 1.74. The first kappa shape index (κ1) is 22.2. The zero-order valence-electron chi connectivity index (χ0n) is 15.8. The summed E-state index contributed by atoms with van der Waals surface area (Å²) in [6, 6.07) is 3.57. The highest BCUT2D eigenvalue weighted by atomic mass is 32.2. The van der Waals surface area contributed by atoms with Gasteiger partial charge in [0, 0.05) is 13.1 Å². The number of amides is 2. The third kappa shape index (κ3) is 5.03. The number of sulfone groups is 1. The molecule has 156 valence electrons. The van der Waals surface area contributed by atoms with Crippen molar-refractivity contribution in [2.75, 3.05) is 24.6 Å². The van der Waals surface area contributed by atoms with E-state index in [1.54, 1.807) is 0 Å². The number of nitrogens with one attached hydrogen (secondary N) is 1. The summed E-state index contributed by atoms with van der Waals surface area (Å²) < 4.78 is 61.8. The normalized spacial score (nSPS) is 18.4. The Balaban J connectivity index is 2.09. The van der Waals surface area contributed by atoms with Crippen LogP contribution in [0.1, 0.15) is 31.9 Å². The van der Waals surface area contributed by atoms with E-state index in [0.717, 1.165) is 12.1 Å². The van der Waals surface area contributed by atoms with E-state index in [-0.39, 0.29) is 30.2 Å². The van der Waals surface area contributed by atoms with Crippen molar-refractivity contribution < 1.29 is 31.2 Å². The van der Waals surface area contributed by atoms with Gasteiger partial charge in [0.1, 0.15) is 6.04 Å².